The molecule has 1 aromatic carbocycles. The highest BCUT2D eigenvalue weighted by Crippen LogP contribution is 2.28. The van der Waals surface area contributed by atoms with Gasteiger partial charge in [0.1, 0.15) is 4.90 Å². The number of anilines is 1. The molecular weight excluding hydrogens is 348 g/mol. The van der Waals surface area contributed by atoms with Crippen molar-refractivity contribution in [1.82, 2.24) is 15.3 Å². The summed E-state index contributed by atoms with van der Waals surface area (Å²) in [7, 11) is -3.36. The van der Waals surface area contributed by atoms with Gasteiger partial charge in [-0.3, -0.25) is 0 Å². The van der Waals surface area contributed by atoms with Crippen LogP contribution in [-0.4, -0.2) is 37.7 Å². The number of rotatable bonds is 5. The third kappa shape index (κ3) is 4.40. The fourth-order valence-corrected chi connectivity index (χ4v) is 4.13. The maximum absolute atomic E-state index is 12.1. The molecule has 7 heteroatoms. The maximum Gasteiger partial charge on any atom is 0.223 e. The molecule has 2 N–H and O–H groups in total. The summed E-state index contributed by atoms with van der Waals surface area (Å²) in [5.74, 6) is 0.566. The Morgan fingerprint density at radius 3 is 2.81 bits per heavy atom. The average molecular weight is 375 g/mol. The zero-order chi connectivity index (χ0) is 18.7. The summed E-state index contributed by atoms with van der Waals surface area (Å²) in [6.45, 7) is 6.45. The minimum Gasteiger partial charge on any atom is -0.350 e. The highest BCUT2D eigenvalue weighted by molar-refractivity contribution is 7.90. The monoisotopic (exact) mass is 374 g/mol. The van der Waals surface area contributed by atoms with Crippen molar-refractivity contribution in [2.75, 3.05) is 24.7 Å². The summed E-state index contributed by atoms with van der Waals surface area (Å²) in [6.07, 6.45) is 4.61. The summed E-state index contributed by atoms with van der Waals surface area (Å²) >= 11 is 0. The van der Waals surface area contributed by atoms with Crippen molar-refractivity contribution in [3.63, 3.8) is 0 Å². The Kier molecular flexibility index (Phi) is 5.58. The van der Waals surface area contributed by atoms with Gasteiger partial charge in [-0.1, -0.05) is 23.8 Å². The Morgan fingerprint density at radius 2 is 2.12 bits per heavy atom. The number of hydrogen-bond donors (Lipinski definition) is 2. The van der Waals surface area contributed by atoms with Gasteiger partial charge in [0.2, 0.25) is 5.95 Å². The largest absolute Gasteiger partial charge is 0.350 e. The van der Waals surface area contributed by atoms with Gasteiger partial charge in [0, 0.05) is 25.3 Å². The molecule has 0 bridgehead atoms. The van der Waals surface area contributed by atoms with Gasteiger partial charge >= 0.3 is 0 Å². The van der Waals surface area contributed by atoms with Gasteiger partial charge in [-0.05, 0) is 44.4 Å². The Labute approximate surface area is 155 Å². The number of aryl methyl sites for hydroxylation is 2. The lowest BCUT2D eigenvalue weighted by atomic mass is 9.96. The molecule has 1 atom stereocenters. The van der Waals surface area contributed by atoms with Crippen LogP contribution in [0.2, 0.25) is 0 Å². The highest BCUT2D eigenvalue weighted by atomic mass is 32.2. The van der Waals surface area contributed by atoms with E-state index in [4.69, 9.17) is 0 Å². The van der Waals surface area contributed by atoms with Crippen LogP contribution >= 0.6 is 0 Å². The van der Waals surface area contributed by atoms with Crippen molar-refractivity contribution in [1.29, 1.82) is 0 Å². The van der Waals surface area contributed by atoms with Gasteiger partial charge in [-0.25, -0.2) is 18.4 Å². The second-order valence-corrected chi connectivity index (χ2v) is 9.03. The molecule has 1 fully saturated rings. The Hall–Kier alpha value is -1.99. The standard InChI is InChI=1S/C19H26N4O2S/c1-13-6-7-14(2)16(9-13)11-21-19-22-12-17(26(3,24)25)18(23-19)15-5-4-8-20-10-15/h6-7,9,12,15,20H,4-5,8,10-11H2,1-3H3,(H,21,22,23)/t15-/m0/s1. The molecule has 140 valence electrons. The van der Waals surface area contributed by atoms with Gasteiger partial charge in [-0.15, -0.1) is 0 Å². The van der Waals surface area contributed by atoms with Crippen LogP contribution in [0.15, 0.2) is 29.3 Å². The molecule has 0 spiro atoms. The number of nitrogens with one attached hydrogen (secondary N) is 2. The minimum atomic E-state index is -3.36. The second-order valence-electron chi connectivity index (χ2n) is 7.04. The van der Waals surface area contributed by atoms with Gasteiger partial charge in [0.15, 0.2) is 9.84 Å². The Balaban J connectivity index is 1.87. The number of nitrogens with zero attached hydrogens (tertiary/aromatic N) is 2. The van der Waals surface area contributed by atoms with Crippen molar-refractivity contribution in [2.45, 2.75) is 44.0 Å². The molecule has 0 aliphatic carbocycles. The molecule has 0 radical (unpaired) electrons. The first-order valence-corrected chi connectivity index (χ1v) is 10.8. The number of benzene rings is 1. The molecular formula is C19H26N4O2S. The molecule has 1 aliphatic heterocycles. The number of piperidine rings is 1. The molecule has 2 heterocycles. The van der Waals surface area contributed by atoms with Crippen molar-refractivity contribution >= 4 is 15.8 Å². The van der Waals surface area contributed by atoms with Crippen LogP contribution in [0.3, 0.4) is 0 Å². The van der Waals surface area contributed by atoms with E-state index in [9.17, 15) is 8.42 Å². The smallest absolute Gasteiger partial charge is 0.223 e. The molecule has 0 saturated carbocycles. The molecule has 1 saturated heterocycles. The molecule has 3 rings (SSSR count). The van der Waals surface area contributed by atoms with Crippen molar-refractivity contribution in [3.8, 4) is 0 Å². The number of sulfone groups is 1. The lowest BCUT2D eigenvalue weighted by Crippen LogP contribution is -2.30. The molecule has 6 nitrogen and oxygen atoms in total. The molecule has 0 amide bonds. The average Bonchev–Trinajstić information content (AvgIpc) is 2.62. The third-order valence-corrected chi connectivity index (χ3v) is 5.92. The Bertz CT molecular complexity index is 890. The fourth-order valence-electron chi connectivity index (χ4n) is 3.30. The van der Waals surface area contributed by atoms with E-state index in [-0.39, 0.29) is 10.8 Å². The number of hydrogen-bond acceptors (Lipinski definition) is 6. The van der Waals surface area contributed by atoms with E-state index >= 15 is 0 Å². The fraction of sp³-hybridized carbons (Fsp3) is 0.474. The number of aromatic nitrogens is 2. The first-order valence-electron chi connectivity index (χ1n) is 8.92. The lowest BCUT2D eigenvalue weighted by molar-refractivity contribution is 0.448. The van der Waals surface area contributed by atoms with Crippen LogP contribution in [0.25, 0.3) is 0 Å². The van der Waals surface area contributed by atoms with Gasteiger partial charge in [0.05, 0.1) is 11.9 Å². The van der Waals surface area contributed by atoms with E-state index in [2.05, 4.69) is 52.6 Å². The Morgan fingerprint density at radius 1 is 1.31 bits per heavy atom. The first-order chi connectivity index (χ1) is 12.3. The summed E-state index contributed by atoms with van der Waals surface area (Å²) in [6, 6.07) is 6.32. The van der Waals surface area contributed by atoms with Gasteiger partial charge < -0.3 is 10.6 Å². The molecule has 2 aromatic rings. The first kappa shape index (κ1) is 18.8. The minimum absolute atomic E-state index is 0.0951. The predicted octanol–water partition coefficient (Wildman–Crippen LogP) is 2.58. The summed E-state index contributed by atoms with van der Waals surface area (Å²) < 4.78 is 24.3. The van der Waals surface area contributed by atoms with Crippen LogP contribution in [0.4, 0.5) is 5.95 Å². The third-order valence-electron chi connectivity index (χ3n) is 4.81. The molecule has 1 aliphatic rings. The van der Waals surface area contributed by atoms with Gasteiger partial charge in [0.25, 0.3) is 0 Å². The van der Waals surface area contributed by atoms with E-state index in [1.807, 2.05) is 0 Å². The van der Waals surface area contributed by atoms with E-state index in [1.165, 1.54) is 29.1 Å². The van der Waals surface area contributed by atoms with Crippen LogP contribution in [0.5, 0.6) is 0 Å². The molecule has 26 heavy (non-hydrogen) atoms. The van der Waals surface area contributed by atoms with Crippen LogP contribution in [0.1, 0.15) is 41.1 Å². The van der Waals surface area contributed by atoms with E-state index in [0.717, 1.165) is 25.9 Å². The van der Waals surface area contributed by atoms with Crippen molar-refractivity contribution in [3.05, 3.63) is 46.8 Å². The van der Waals surface area contributed by atoms with Gasteiger partial charge in [-0.2, -0.15) is 0 Å². The van der Waals surface area contributed by atoms with E-state index < -0.39 is 9.84 Å². The maximum atomic E-state index is 12.1. The normalized spacial score (nSPS) is 17.9. The van der Waals surface area contributed by atoms with Crippen LogP contribution in [0, 0.1) is 13.8 Å². The summed E-state index contributed by atoms with van der Waals surface area (Å²) in [4.78, 5) is 9.07. The van der Waals surface area contributed by atoms with Crippen molar-refractivity contribution in [2.24, 2.45) is 0 Å². The lowest BCUT2D eigenvalue weighted by Gasteiger charge is -2.24. The predicted molar refractivity (Wildman–Crippen MR) is 103 cm³/mol. The zero-order valence-electron chi connectivity index (χ0n) is 15.5. The SMILES string of the molecule is Cc1ccc(C)c(CNc2ncc(S(C)(=O)=O)c([C@H]3CCCNC3)n2)c1. The van der Waals surface area contributed by atoms with E-state index in [0.29, 0.717) is 18.2 Å². The van der Waals surface area contributed by atoms with Crippen LogP contribution in [-0.2, 0) is 16.4 Å². The second kappa shape index (κ2) is 7.72. The van der Waals surface area contributed by atoms with Crippen LogP contribution < -0.4 is 10.6 Å². The zero-order valence-corrected chi connectivity index (χ0v) is 16.4. The topological polar surface area (TPSA) is 84.0 Å². The molecule has 0 unspecified atom stereocenters. The quantitative estimate of drug-likeness (QED) is 0.837. The summed E-state index contributed by atoms with van der Waals surface area (Å²) in [5.41, 5.74) is 4.21. The van der Waals surface area contributed by atoms with E-state index in [1.54, 1.807) is 0 Å². The van der Waals surface area contributed by atoms with Crippen molar-refractivity contribution < 1.29 is 8.42 Å². The highest BCUT2D eigenvalue weighted by Gasteiger charge is 2.25. The molecule has 1 aromatic heterocycles. The summed E-state index contributed by atoms with van der Waals surface area (Å²) in [5, 5.41) is 6.58.